The number of carbonyl (C=O) groups excluding carboxylic acids is 1. The van der Waals surface area contributed by atoms with E-state index in [1.165, 1.54) is 12.8 Å². The Kier molecular flexibility index (Phi) is 5.41. The molecule has 0 aromatic rings. The van der Waals surface area contributed by atoms with Crippen LogP contribution < -0.4 is 11.5 Å². The Labute approximate surface area is 122 Å². The molecule has 3 atom stereocenters. The van der Waals surface area contributed by atoms with E-state index >= 15 is 0 Å². The molecule has 3 unspecified atom stereocenters. The number of carbonyl (C=O) groups is 1. The molecule has 116 valence electrons. The van der Waals surface area contributed by atoms with E-state index in [4.69, 9.17) is 16.2 Å². The van der Waals surface area contributed by atoms with Crippen LogP contribution in [-0.4, -0.2) is 49.7 Å². The normalized spacial score (nSPS) is 34.5. The Hall–Kier alpha value is -0.650. The first kappa shape index (κ1) is 15.7. The quantitative estimate of drug-likeness (QED) is 0.752. The standard InChI is InChI=1S/C15H29N3O2/c1-18(10-12-4-3-9-20-11-12)8-6-13-5-2-7-15(13,17)14(16)19/h12-13H,2-11,17H2,1H3,(H2,16,19). The van der Waals surface area contributed by atoms with Gasteiger partial charge in [0.1, 0.15) is 0 Å². The Morgan fingerprint density at radius 3 is 2.85 bits per heavy atom. The van der Waals surface area contributed by atoms with Gasteiger partial charge >= 0.3 is 0 Å². The molecule has 0 bridgehead atoms. The Morgan fingerprint density at radius 1 is 1.40 bits per heavy atom. The van der Waals surface area contributed by atoms with Crippen molar-refractivity contribution in [2.75, 3.05) is 33.4 Å². The van der Waals surface area contributed by atoms with Crippen LogP contribution in [0.4, 0.5) is 0 Å². The summed E-state index contributed by atoms with van der Waals surface area (Å²) in [4.78, 5) is 13.9. The molecule has 0 aromatic carbocycles. The Morgan fingerprint density at radius 2 is 2.20 bits per heavy atom. The zero-order valence-electron chi connectivity index (χ0n) is 12.6. The van der Waals surface area contributed by atoms with Crippen molar-refractivity contribution in [2.24, 2.45) is 23.3 Å². The van der Waals surface area contributed by atoms with E-state index in [9.17, 15) is 4.79 Å². The molecule has 1 aliphatic carbocycles. The SMILES string of the molecule is CN(CCC1CCCC1(N)C(N)=O)CC1CCCOC1. The van der Waals surface area contributed by atoms with Gasteiger partial charge in [-0.15, -0.1) is 0 Å². The van der Waals surface area contributed by atoms with E-state index in [-0.39, 0.29) is 11.8 Å². The lowest BCUT2D eigenvalue weighted by molar-refractivity contribution is -0.124. The van der Waals surface area contributed by atoms with Crippen LogP contribution in [0, 0.1) is 11.8 Å². The van der Waals surface area contributed by atoms with Crippen molar-refractivity contribution in [3.05, 3.63) is 0 Å². The van der Waals surface area contributed by atoms with Crippen LogP contribution in [0.25, 0.3) is 0 Å². The van der Waals surface area contributed by atoms with Gasteiger partial charge < -0.3 is 21.1 Å². The summed E-state index contributed by atoms with van der Waals surface area (Å²) < 4.78 is 5.52. The van der Waals surface area contributed by atoms with E-state index < -0.39 is 5.54 Å². The van der Waals surface area contributed by atoms with E-state index in [0.29, 0.717) is 5.92 Å². The largest absolute Gasteiger partial charge is 0.381 e. The highest BCUT2D eigenvalue weighted by molar-refractivity contribution is 5.85. The van der Waals surface area contributed by atoms with Crippen LogP contribution in [0.1, 0.15) is 38.5 Å². The lowest BCUT2D eigenvalue weighted by Gasteiger charge is -2.31. The molecule has 2 fully saturated rings. The fraction of sp³-hybridized carbons (Fsp3) is 0.933. The summed E-state index contributed by atoms with van der Waals surface area (Å²) in [6.07, 6.45) is 6.19. The number of hydrogen-bond acceptors (Lipinski definition) is 4. The maximum Gasteiger partial charge on any atom is 0.237 e. The van der Waals surface area contributed by atoms with Crippen LogP contribution >= 0.6 is 0 Å². The van der Waals surface area contributed by atoms with Crippen molar-refractivity contribution in [3.8, 4) is 0 Å². The molecule has 1 saturated heterocycles. The second-order valence-electron chi connectivity index (χ2n) is 6.63. The van der Waals surface area contributed by atoms with Gasteiger partial charge in [-0.1, -0.05) is 6.42 Å². The van der Waals surface area contributed by atoms with E-state index in [1.54, 1.807) is 0 Å². The van der Waals surface area contributed by atoms with Crippen LogP contribution in [0.15, 0.2) is 0 Å². The lowest BCUT2D eigenvalue weighted by Crippen LogP contribution is -2.55. The molecule has 4 N–H and O–H groups in total. The average molecular weight is 283 g/mol. The van der Waals surface area contributed by atoms with Gasteiger partial charge in [-0.05, 0) is 57.5 Å². The summed E-state index contributed by atoms with van der Waals surface area (Å²) in [6.45, 7) is 3.85. The number of ether oxygens (including phenoxy) is 1. The molecule has 0 aromatic heterocycles. The molecule has 5 heteroatoms. The third-order valence-electron chi connectivity index (χ3n) is 5.01. The van der Waals surface area contributed by atoms with E-state index in [2.05, 4.69) is 11.9 Å². The topological polar surface area (TPSA) is 81.6 Å². The van der Waals surface area contributed by atoms with Crippen molar-refractivity contribution in [1.82, 2.24) is 4.90 Å². The molecule has 1 amide bonds. The van der Waals surface area contributed by atoms with E-state index in [0.717, 1.165) is 52.0 Å². The zero-order chi connectivity index (χ0) is 14.6. The molecule has 2 rings (SSSR count). The van der Waals surface area contributed by atoms with Crippen molar-refractivity contribution in [1.29, 1.82) is 0 Å². The molecular formula is C15H29N3O2. The van der Waals surface area contributed by atoms with Crippen LogP contribution in [0.5, 0.6) is 0 Å². The smallest absolute Gasteiger partial charge is 0.237 e. The van der Waals surface area contributed by atoms with Gasteiger partial charge in [-0.2, -0.15) is 0 Å². The summed E-state index contributed by atoms with van der Waals surface area (Å²) in [6, 6.07) is 0. The van der Waals surface area contributed by atoms with Gasteiger partial charge in [0.25, 0.3) is 0 Å². The molecule has 20 heavy (non-hydrogen) atoms. The van der Waals surface area contributed by atoms with Crippen molar-refractivity contribution >= 4 is 5.91 Å². The molecular weight excluding hydrogens is 254 g/mol. The fourth-order valence-electron chi connectivity index (χ4n) is 3.69. The van der Waals surface area contributed by atoms with Gasteiger partial charge in [0, 0.05) is 13.2 Å². The summed E-state index contributed by atoms with van der Waals surface area (Å²) in [5.41, 5.74) is 10.9. The highest BCUT2D eigenvalue weighted by Gasteiger charge is 2.43. The number of rotatable bonds is 6. The molecule has 1 heterocycles. The lowest BCUT2D eigenvalue weighted by atomic mass is 9.85. The summed E-state index contributed by atoms with van der Waals surface area (Å²) in [5, 5.41) is 0. The maximum absolute atomic E-state index is 11.6. The van der Waals surface area contributed by atoms with Crippen LogP contribution in [-0.2, 0) is 9.53 Å². The van der Waals surface area contributed by atoms with E-state index in [1.807, 2.05) is 0 Å². The first-order valence-electron chi connectivity index (χ1n) is 7.87. The number of nitrogens with zero attached hydrogens (tertiary/aromatic N) is 1. The summed E-state index contributed by atoms with van der Waals surface area (Å²) >= 11 is 0. The van der Waals surface area contributed by atoms with Crippen molar-refractivity contribution in [3.63, 3.8) is 0 Å². The first-order valence-corrected chi connectivity index (χ1v) is 7.87. The minimum Gasteiger partial charge on any atom is -0.381 e. The number of primary amides is 1. The number of hydrogen-bond donors (Lipinski definition) is 2. The monoisotopic (exact) mass is 283 g/mol. The predicted molar refractivity (Wildman–Crippen MR) is 79.1 cm³/mol. The first-order chi connectivity index (χ1) is 9.52. The molecule has 1 aliphatic heterocycles. The van der Waals surface area contributed by atoms with Crippen molar-refractivity contribution in [2.45, 2.75) is 44.1 Å². The number of amides is 1. The molecule has 2 aliphatic rings. The van der Waals surface area contributed by atoms with Crippen LogP contribution in [0.2, 0.25) is 0 Å². The maximum atomic E-state index is 11.6. The zero-order valence-corrected chi connectivity index (χ0v) is 12.6. The summed E-state index contributed by atoms with van der Waals surface area (Å²) in [5.74, 6) is 0.560. The molecule has 0 radical (unpaired) electrons. The minimum atomic E-state index is -0.769. The van der Waals surface area contributed by atoms with Gasteiger partial charge in [0.2, 0.25) is 5.91 Å². The average Bonchev–Trinajstić information content (AvgIpc) is 2.80. The highest BCUT2D eigenvalue weighted by atomic mass is 16.5. The third kappa shape index (κ3) is 3.71. The Bertz CT molecular complexity index is 331. The molecule has 0 spiro atoms. The van der Waals surface area contributed by atoms with Gasteiger partial charge in [-0.25, -0.2) is 0 Å². The highest BCUT2D eigenvalue weighted by Crippen LogP contribution is 2.35. The molecule has 5 nitrogen and oxygen atoms in total. The fourth-order valence-corrected chi connectivity index (χ4v) is 3.69. The van der Waals surface area contributed by atoms with Crippen molar-refractivity contribution < 1.29 is 9.53 Å². The van der Waals surface area contributed by atoms with Gasteiger partial charge in [0.05, 0.1) is 12.1 Å². The van der Waals surface area contributed by atoms with Gasteiger partial charge in [0.15, 0.2) is 0 Å². The number of nitrogens with two attached hydrogens (primary N) is 2. The summed E-state index contributed by atoms with van der Waals surface area (Å²) in [7, 11) is 2.14. The third-order valence-corrected chi connectivity index (χ3v) is 5.01. The second kappa shape index (κ2) is 6.87. The van der Waals surface area contributed by atoms with Crippen LogP contribution in [0.3, 0.4) is 0 Å². The second-order valence-corrected chi connectivity index (χ2v) is 6.63. The minimum absolute atomic E-state index is 0.241. The Balaban J connectivity index is 1.75. The molecule has 1 saturated carbocycles. The van der Waals surface area contributed by atoms with Gasteiger partial charge in [-0.3, -0.25) is 4.79 Å². The predicted octanol–water partition coefficient (Wildman–Crippen LogP) is 0.718.